The molecular formula is C5H8N2O. The van der Waals surface area contributed by atoms with E-state index < -0.39 is 0 Å². The summed E-state index contributed by atoms with van der Waals surface area (Å²) in [6.45, 7) is 0.271. The molecule has 0 aliphatic heterocycles. The van der Waals surface area contributed by atoms with Crippen molar-refractivity contribution in [1.29, 1.82) is 10.7 Å². The van der Waals surface area contributed by atoms with E-state index in [1.165, 1.54) is 7.11 Å². The summed E-state index contributed by atoms with van der Waals surface area (Å²) in [6, 6.07) is 1.85. The van der Waals surface area contributed by atoms with Crippen molar-refractivity contribution in [2.24, 2.45) is 0 Å². The Hall–Kier alpha value is -0.880. The smallest absolute Gasteiger partial charge is 0.0848 e. The standard InChI is InChI=1S/C5H8N2O/c1-8-4-5(7)2-3-6/h7H,2,4H2,1H3. The van der Waals surface area contributed by atoms with Gasteiger partial charge in [0.15, 0.2) is 0 Å². The van der Waals surface area contributed by atoms with Crippen LogP contribution in [0.15, 0.2) is 0 Å². The van der Waals surface area contributed by atoms with Crippen molar-refractivity contribution in [1.82, 2.24) is 0 Å². The molecule has 8 heavy (non-hydrogen) atoms. The molecule has 0 radical (unpaired) electrons. The molecule has 0 unspecified atom stereocenters. The molecule has 0 rings (SSSR count). The van der Waals surface area contributed by atoms with Crippen LogP contribution >= 0.6 is 0 Å². The number of methoxy groups -OCH3 is 1. The lowest BCUT2D eigenvalue weighted by Gasteiger charge is -1.92. The minimum absolute atomic E-state index is 0.174. The largest absolute Gasteiger partial charge is 0.379 e. The Morgan fingerprint density at radius 2 is 2.50 bits per heavy atom. The Balaban J connectivity index is 3.23. The second-order valence-electron chi connectivity index (χ2n) is 1.37. The Kier molecular flexibility index (Phi) is 3.81. The lowest BCUT2D eigenvalue weighted by atomic mass is 10.3. The molecule has 0 aliphatic rings. The van der Waals surface area contributed by atoms with Gasteiger partial charge in [0, 0.05) is 12.8 Å². The first-order chi connectivity index (χ1) is 3.81. The predicted molar refractivity (Wildman–Crippen MR) is 29.8 cm³/mol. The van der Waals surface area contributed by atoms with Gasteiger partial charge in [0.25, 0.3) is 0 Å². The van der Waals surface area contributed by atoms with E-state index in [0.29, 0.717) is 5.71 Å². The third-order valence-corrected chi connectivity index (χ3v) is 0.611. The Labute approximate surface area is 48.4 Å². The molecule has 0 saturated heterocycles. The molecule has 0 aliphatic carbocycles. The molecule has 0 fully saturated rings. The number of hydrogen-bond acceptors (Lipinski definition) is 3. The van der Waals surface area contributed by atoms with Gasteiger partial charge < -0.3 is 10.1 Å². The molecule has 44 valence electrons. The molecule has 3 nitrogen and oxygen atoms in total. The van der Waals surface area contributed by atoms with Crippen molar-refractivity contribution in [3.05, 3.63) is 0 Å². The monoisotopic (exact) mass is 112 g/mol. The quantitative estimate of drug-likeness (QED) is 0.542. The first-order valence-electron chi connectivity index (χ1n) is 2.23. The third-order valence-electron chi connectivity index (χ3n) is 0.611. The second kappa shape index (κ2) is 4.28. The molecule has 0 heterocycles. The number of ether oxygens (including phenoxy) is 1. The van der Waals surface area contributed by atoms with Crippen molar-refractivity contribution in [3.8, 4) is 6.07 Å². The molecule has 0 aromatic rings. The lowest BCUT2D eigenvalue weighted by molar-refractivity contribution is 0.243. The van der Waals surface area contributed by atoms with Crippen molar-refractivity contribution >= 4 is 5.71 Å². The van der Waals surface area contributed by atoms with Crippen LogP contribution in [0.4, 0.5) is 0 Å². The van der Waals surface area contributed by atoms with Gasteiger partial charge in [-0.1, -0.05) is 0 Å². The molecule has 3 heteroatoms. The van der Waals surface area contributed by atoms with Gasteiger partial charge in [-0.05, 0) is 0 Å². The van der Waals surface area contributed by atoms with Gasteiger partial charge in [-0.3, -0.25) is 0 Å². The second-order valence-corrected chi connectivity index (χ2v) is 1.37. The summed E-state index contributed by atoms with van der Waals surface area (Å²) < 4.78 is 4.58. The van der Waals surface area contributed by atoms with Crippen molar-refractivity contribution in [3.63, 3.8) is 0 Å². The average molecular weight is 112 g/mol. The van der Waals surface area contributed by atoms with Gasteiger partial charge in [-0.25, -0.2) is 0 Å². The molecule has 0 bridgehead atoms. The van der Waals surface area contributed by atoms with Gasteiger partial charge >= 0.3 is 0 Å². The number of nitriles is 1. The van der Waals surface area contributed by atoms with E-state index in [9.17, 15) is 0 Å². The fourth-order valence-electron chi connectivity index (χ4n) is 0.321. The fraction of sp³-hybridized carbons (Fsp3) is 0.600. The molecule has 0 aromatic heterocycles. The van der Waals surface area contributed by atoms with Crippen molar-refractivity contribution in [2.75, 3.05) is 13.7 Å². The predicted octanol–water partition coefficient (Wildman–Crippen LogP) is 0.566. The average Bonchev–Trinajstić information content (AvgIpc) is 1.68. The Morgan fingerprint density at radius 3 is 2.88 bits per heavy atom. The zero-order valence-electron chi connectivity index (χ0n) is 4.77. The summed E-state index contributed by atoms with van der Waals surface area (Å²) in [4.78, 5) is 0. The van der Waals surface area contributed by atoms with Crippen LogP contribution in [0.2, 0.25) is 0 Å². The van der Waals surface area contributed by atoms with Gasteiger partial charge in [0.2, 0.25) is 0 Å². The zero-order valence-corrected chi connectivity index (χ0v) is 4.77. The van der Waals surface area contributed by atoms with Crippen LogP contribution in [0.25, 0.3) is 0 Å². The number of nitrogens with zero attached hydrogens (tertiary/aromatic N) is 1. The van der Waals surface area contributed by atoms with Crippen molar-refractivity contribution < 1.29 is 4.74 Å². The number of rotatable bonds is 3. The highest BCUT2D eigenvalue weighted by Crippen LogP contribution is 1.79. The van der Waals surface area contributed by atoms with Gasteiger partial charge in [-0.2, -0.15) is 5.26 Å². The van der Waals surface area contributed by atoms with Crippen LogP contribution in [-0.2, 0) is 4.74 Å². The van der Waals surface area contributed by atoms with Crippen LogP contribution in [0.1, 0.15) is 6.42 Å². The summed E-state index contributed by atoms with van der Waals surface area (Å²) in [5.74, 6) is 0. The van der Waals surface area contributed by atoms with Crippen LogP contribution in [0.5, 0.6) is 0 Å². The summed E-state index contributed by atoms with van der Waals surface area (Å²) in [5, 5.41) is 15.0. The molecular weight excluding hydrogens is 104 g/mol. The molecule has 0 saturated carbocycles. The maximum atomic E-state index is 8.02. The van der Waals surface area contributed by atoms with E-state index >= 15 is 0 Å². The third kappa shape index (κ3) is 3.32. The Morgan fingerprint density at radius 1 is 1.88 bits per heavy atom. The normalized spacial score (nSPS) is 8.00. The summed E-state index contributed by atoms with van der Waals surface area (Å²) in [6.07, 6.45) is 0.174. The lowest BCUT2D eigenvalue weighted by Crippen LogP contribution is -2.03. The zero-order chi connectivity index (χ0) is 6.41. The highest BCUT2D eigenvalue weighted by Gasteiger charge is 1.90. The molecule has 0 amide bonds. The van der Waals surface area contributed by atoms with Crippen molar-refractivity contribution in [2.45, 2.75) is 6.42 Å². The molecule has 0 aromatic carbocycles. The van der Waals surface area contributed by atoms with Gasteiger partial charge in [-0.15, -0.1) is 0 Å². The van der Waals surface area contributed by atoms with Crippen LogP contribution < -0.4 is 0 Å². The van der Waals surface area contributed by atoms with Crippen LogP contribution in [-0.4, -0.2) is 19.4 Å². The Bertz CT molecular complexity index is 114. The van der Waals surface area contributed by atoms with E-state index in [0.717, 1.165) is 0 Å². The maximum Gasteiger partial charge on any atom is 0.0848 e. The van der Waals surface area contributed by atoms with Gasteiger partial charge in [0.05, 0.1) is 19.1 Å². The minimum Gasteiger partial charge on any atom is -0.379 e. The van der Waals surface area contributed by atoms with E-state index in [-0.39, 0.29) is 13.0 Å². The highest BCUT2D eigenvalue weighted by atomic mass is 16.5. The maximum absolute atomic E-state index is 8.02. The van der Waals surface area contributed by atoms with E-state index in [4.69, 9.17) is 10.7 Å². The number of nitrogens with one attached hydrogen (secondary N) is 1. The summed E-state index contributed by atoms with van der Waals surface area (Å²) in [5.41, 5.74) is 0.329. The van der Waals surface area contributed by atoms with E-state index in [1.54, 1.807) is 0 Å². The minimum atomic E-state index is 0.174. The van der Waals surface area contributed by atoms with E-state index in [2.05, 4.69) is 4.74 Å². The SMILES string of the molecule is COCC(=N)CC#N. The van der Waals surface area contributed by atoms with Gasteiger partial charge in [0.1, 0.15) is 0 Å². The topological polar surface area (TPSA) is 56.9 Å². The van der Waals surface area contributed by atoms with Crippen LogP contribution in [0.3, 0.4) is 0 Å². The molecule has 0 atom stereocenters. The van der Waals surface area contributed by atoms with E-state index in [1.807, 2.05) is 6.07 Å². The first kappa shape index (κ1) is 7.12. The molecule has 0 spiro atoms. The first-order valence-corrected chi connectivity index (χ1v) is 2.23. The summed E-state index contributed by atoms with van der Waals surface area (Å²) >= 11 is 0. The summed E-state index contributed by atoms with van der Waals surface area (Å²) in [7, 11) is 1.51. The molecule has 1 N–H and O–H groups in total. The fourth-order valence-corrected chi connectivity index (χ4v) is 0.321. The highest BCUT2D eigenvalue weighted by molar-refractivity contribution is 5.84. The van der Waals surface area contributed by atoms with Crippen LogP contribution in [0, 0.1) is 16.7 Å². The number of hydrogen-bond donors (Lipinski definition) is 1.